The van der Waals surface area contributed by atoms with Crippen LogP contribution in [-0.4, -0.2) is 6.54 Å². The number of benzene rings is 1. The fraction of sp³-hybridized carbons (Fsp3) is 0.500. The van der Waals surface area contributed by atoms with Crippen LogP contribution >= 0.6 is 23.2 Å². The molecule has 1 unspecified atom stereocenters. The van der Waals surface area contributed by atoms with Crippen molar-refractivity contribution in [1.29, 1.82) is 0 Å². The Morgan fingerprint density at radius 2 is 1.90 bits per heavy atom. The lowest BCUT2D eigenvalue weighted by molar-refractivity contribution is 0.242. The zero-order valence-corrected chi connectivity index (χ0v) is 13.9. The average molecular weight is 314 g/mol. The Labute approximate surface area is 130 Å². The Bertz CT molecular complexity index is 598. The molecule has 0 aliphatic carbocycles. The summed E-state index contributed by atoms with van der Waals surface area (Å²) in [7, 11) is 0. The summed E-state index contributed by atoms with van der Waals surface area (Å²) in [5.41, 5.74) is 0.796. The smallest absolute Gasteiger partial charge is 0.137 e. The number of halogens is 2. The van der Waals surface area contributed by atoms with E-state index in [0.29, 0.717) is 10.0 Å². The maximum absolute atomic E-state index is 6.23. The average Bonchev–Trinajstić information content (AvgIpc) is 2.71. The van der Waals surface area contributed by atoms with Gasteiger partial charge in [0.1, 0.15) is 11.3 Å². The molecule has 4 heteroatoms. The predicted molar refractivity (Wildman–Crippen MR) is 86.7 cm³/mol. The summed E-state index contributed by atoms with van der Waals surface area (Å²) in [6.07, 6.45) is 1.08. The monoisotopic (exact) mass is 313 g/mol. The largest absolute Gasteiger partial charge is 0.459 e. The topological polar surface area (TPSA) is 25.2 Å². The molecule has 0 saturated carbocycles. The van der Waals surface area contributed by atoms with Crippen LogP contribution in [0.3, 0.4) is 0 Å². The van der Waals surface area contributed by atoms with Crippen molar-refractivity contribution < 1.29 is 4.42 Å². The van der Waals surface area contributed by atoms with Gasteiger partial charge in [0.25, 0.3) is 0 Å². The summed E-state index contributed by atoms with van der Waals surface area (Å²) >= 11 is 12.3. The number of furan rings is 1. The summed E-state index contributed by atoms with van der Waals surface area (Å²) in [4.78, 5) is 0. The molecule has 1 atom stereocenters. The van der Waals surface area contributed by atoms with Crippen LogP contribution in [0, 0.1) is 5.41 Å². The molecule has 0 saturated heterocycles. The van der Waals surface area contributed by atoms with E-state index in [1.807, 2.05) is 12.1 Å². The first-order valence-electron chi connectivity index (χ1n) is 6.94. The van der Waals surface area contributed by atoms with Gasteiger partial charge >= 0.3 is 0 Å². The molecule has 0 radical (unpaired) electrons. The van der Waals surface area contributed by atoms with Gasteiger partial charge in [-0.15, -0.1) is 0 Å². The first-order valence-corrected chi connectivity index (χ1v) is 7.70. The SMILES string of the molecule is CCCNC(c1cc2c(Cl)cc(Cl)cc2o1)C(C)(C)C. The molecular formula is C16H21Cl2NO. The molecule has 2 rings (SSSR count). The van der Waals surface area contributed by atoms with Crippen molar-refractivity contribution in [3.05, 3.63) is 34.0 Å². The first-order chi connectivity index (χ1) is 9.32. The molecule has 110 valence electrons. The van der Waals surface area contributed by atoms with Gasteiger partial charge in [0, 0.05) is 16.5 Å². The summed E-state index contributed by atoms with van der Waals surface area (Å²) < 4.78 is 5.98. The van der Waals surface area contributed by atoms with Gasteiger partial charge in [-0.2, -0.15) is 0 Å². The van der Waals surface area contributed by atoms with E-state index in [1.54, 1.807) is 6.07 Å². The van der Waals surface area contributed by atoms with Crippen molar-refractivity contribution in [2.75, 3.05) is 6.54 Å². The first kappa shape index (κ1) is 15.7. The molecule has 0 amide bonds. The van der Waals surface area contributed by atoms with Crippen LogP contribution in [0.25, 0.3) is 11.0 Å². The maximum Gasteiger partial charge on any atom is 0.137 e. The van der Waals surface area contributed by atoms with Gasteiger partial charge in [0.05, 0.1) is 11.1 Å². The van der Waals surface area contributed by atoms with Crippen molar-refractivity contribution in [1.82, 2.24) is 5.32 Å². The van der Waals surface area contributed by atoms with E-state index in [2.05, 4.69) is 33.0 Å². The van der Waals surface area contributed by atoms with Gasteiger partial charge in [-0.25, -0.2) is 0 Å². The number of fused-ring (bicyclic) bond motifs is 1. The Hall–Kier alpha value is -0.700. The van der Waals surface area contributed by atoms with Crippen molar-refractivity contribution >= 4 is 34.2 Å². The number of rotatable bonds is 4. The highest BCUT2D eigenvalue weighted by Gasteiger charge is 2.29. The molecule has 2 nitrogen and oxygen atoms in total. The van der Waals surface area contributed by atoms with E-state index < -0.39 is 0 Å². The summed E-state index contributed by atoms with van der Waals surface area (Å²) in [6.45, 7) is 9.70. The Balaban J connectivity index is 2.46. The summed E-state index contributed by atoms with van der Waals surface area (Å²) in [5, 5.41) is 5.69. The maximum atomic E-state index is 6.23. The highest BCUT2D eigenvalue weighted by Crippen LogP contribution is 2.38. The van der Waals surface area contributed by atoms with Crippen molar-refractivity contribution in [2.24, 2.45) is 5.41 Å². The zero-order chi connectivity index (χ0) is 14.9. The Morgan fingerprint density at radius 1 is 1.20 bits per heavy atom. The lowest BCUT2D eigenvalue weighted by Crippen LogP contribution is -2.32. The third-order valence-corrected chi connectivity index (χ3v) is 3.85. The molecule has 0 spiro atoms. The van der Waals surface area contributed by atoms with Crippen LogP contribution in [0.5, 0.6) is 0 Å². The van der Waals surface area contributed by atoms with Crippen LogP contribution in [0.1, 0.15) is 45.9 Å². The number of hydrogen-bond donors (Lipinski definition) is 1. The van der Waals surface area contributed by atoms with Crippen LogP contribution in [-0.2, 0) is 0 Å². The lowest BCUT2D eigenvalue weighted by atomic mass is 9.85. The highest BCUT2D eigenvalue weighted by atomic mass is 35.5. The normalized spacial score (nSPS) is 13.9. The molecule has 1 heterocycles. The predicted octanol–water partition coefficient (Wildman–Crippen LogP) is 5.83. The van der Waals surface area contributed by atoms with Crippen LogP contribution < -0.4 is 5.32 Å². The van der Waals surface area contributed by atoms with Crippen LogP contribution in [0.15, 0.2) is 22.6 Å². The second-order valence-electron chi connectivity index (χ2n) is 6.20. The van der Waals surface area contributed by atoms with Gasteiger partial charge in [0.15, 0.2) is 0 Å². The van der Waals surface area contributed by atoms with E-state index in [1.165, 1.54) is 0 Å². The molecule has 0 bridgehead atoms. The second-order valence-corrected chi connectivity index (χ2v) is 7.04. The molecule has 2 aromatic rings. The van der Waals surface area contributed by atoms with E-state index in [-0.39, 0.29) is 11.5 Å². The van der Waals surface area contributed by atoms with Gasteiger partial charge in [0.2, 0.25) is 0 Å². The zero-order valence-electron chi connectivity index (χ0n) is 12.4. The number of nitrogens with one attached hydrogen (secondary N) is 1. The molecule has 0 aliphatic heterocycles. The Morgan fingerprint density at radius 3 is 2.50 bits per heavy atom. The van der Waals surface area contributed by atoms with Crippen molar-refractivity contribution in [3.8, 4) is 0 Å². The van der Waals surface area contributed by atoms with E-state index in [9.17, 15) is 0 Å². The molecule has 0 aliphatic rings. The fourth-order valence-electron chi connectivity index (χ4n) is 2.35. The minimum atomic E-state index is 0.0549. The third-order valence-electron chi connectivity index (χ3n) is 3.32. The fourth-order valence-corrected chi connectivity index (χ4v) is 2.88. The van der Waals surface area contributed by atoms with Crippen LogP contribution in [0.4, 0.5) is 0 Å². The highest BCUT2D eigenvalue weighted by molar-refractivity contribution is 6.38. The van der Waals surface area contributed by atoms with Crippen LogP contribution in [0.2, 0.25) is 10.0 Å². The van der Waals surface area contributed by atoms with Crippen molar-refractivity contribution in [2.45, 2.75) is 40.2 Å². The molecule has 1 aromatic heterocycles. The van der Waals surface area contributed by atoms with Gasteiger partial charge in [-0.1, -0.05) is 50.9 Å². The quantitative estimate of drug-likeness (QED) is 0.768. The van der Waals surface area contributed by atoms with Gasteiger partial charge in [-0.05, 0) is 30.5 Å². The third kappa shape index (κ3) is 3.30. The molecule has 1 N–H and O–H groups in total. The summed E-state index contributed by atoms with van der Waals surface area (Å²) in [5.74, 6) is 0.908. The summed E-state index contributed by atoms with van der Waals surface area (Å²) in [6, 6.07) is 5.72. The van der Waals surface area contributed by atoms with Gasteiger partial charge < -0.3 is 9.73 Å². The molecule has 0 fully saturated rings. The second kappa shape index (κ2) is 5.97. The van der Waals surface area contributed by atoms with Gasteiger partial charge in [-0.3, -0.25) is 0 Å². The molecular weight excluding hydrogens is 293 g/mol. The van der Waals surface area contributed by atoms with E-state index >= 15 is 0 Å². The van der Waals surface area contributed by atoms with E-state index in [4.69, 9.17) is 27.6 Å². The Kier molecular flexibility index (Phi) is 4.68. The molecule has 20 heavy (non-hydrogen) atoms. The molecule has 1 aromatic carbocycles. The van der Waals surface area contributed by atoms with Crippen molar-refractivity contribution in [3.63, 3.8) is 0 Å². The standard InChI is InChI=1S/C16H21Cl2NO/c1-5-6-19-15(16(2,3)4)14-9-11-12(18)7-10(17)8-13(11)20-14/h7-9,15,19H,5-6H2,1-4H3. The minimum Gasteiger partial charge on any atom is -0.459 e. The minimum absolute atomic E-state index is 0.0549. The van der Waals surface area contributed by atoms with E-state index in [0.717, 1.165) is 29.7 Å². The number of hydrogen-bond acceptors (Lipinski definition) is 2. The lowest BCUT2D eigenvalue weighted by Gasteiger charge is -2.29.